The van der Waals surface area contributed by atoms with E-state index in [-0.39, 0.29) is 29.5 Å². The zero-order valence-electron chi connectivity index (χ0n) is 12.1. The molecule has 0 saturated carbocycles. The number of benzene rings is 1. The molecular formula is C15H23FN2O. The van der Waals surface area contributed by atoms with E-state index < -0.39 is 5.82 Å². The molecule has 0 aromatic heterocycles. The predicted octanol–water partition coefficient (Wildman–Crippen LogP) is 3.23. The van der Waals surface area contributed by atoms with Gasteiger partial charge < -0.3 is 11.1 Å². The first-order chi connectivity index (χ1) is 8.69. The second-order valence-electron chi connectivity index (χ2n) is 6.21. The van der Waals surface area contributed by atoms with Crippen molar-refractivity contribution in [3.63, 3.8) is 0 Å². The number of para-hydroxylation sites is 1. The van der Waals surface area contributed by atoms with E-state index in [0.717, 1.165) is 6.42 Å². The van der Waals surface area contributed by atoms with Crippen molar-refractivity contribution in [1.82, 2.24) is 0 Å². The van der Waals surface area contributed by atoms with Gasteiger partial charge in [-0.1, -0.05) is 32.9 Å². The number of carbonyl (C=O) groups is 1. The van der Waals surface area contributed by atoms with Crippen LogP contribution in [0.15, 0.2) is 18.2 Å². The van der Waals surface area contributed by atoms with Gasteiger partial charge in [0.25, 0.3) is 0 Å². The fourth-order valence-corrected chi connectivity index (χ4v) is 2.08. The zero-order valence-corrected chi connectivity index (χ0v) is 12.1. The topological polar surface area (TPSA) is 55.1 Å². The molecule has 0 fully saturated rings. The van der Waals surface area contributed by atoms with Crippen molar-refractivity contribution < 1.29 is 9.18 Å². The first-order valence-electron chi connectivity index (χ1n) is 6.49. The van der Waals surface area contributed by atoms with Crippen molar-refractivity contribution in [2.45, 2.75) is 46.6 Å². The van der Waals surface area contributed by atoms with Crippen LogP contribution in [0, 0.1) is 18.2 Å². The highest BCUT2D eigenvalue weighted by Gasteiger charge is 2.19. The molecule has 19 heavy (non-hydrogen) atoms. The summed E-state index contributed by atoms with van der Waals surface area (Å²) in [6.45, 7) is 7.98. The maximum Gasteiger partial charge on any atom is 0.226 e. The summed E-state index contributed by atoms with van der Waals surface area (Å²) < 4.78 is 13.6. The molecule has 0 aliphatic rings. The molecule has 0 saturated heterocycles. The summed E-state index contributed by atoms with van der Waals surface area (Å²) in [5, 5.41) is 2.60. The van der Waals surface area contributed by atoms with Crippen molar-refractivity contribution in [3.8, 4) is 0 Å². The summed E-state index contributed by atoms with van der Waals surface area (Å²) in [4.78, 5) is 11.9. The number of amides is 1. The van der Waals surface area contributed by atoms with E-state index in [9.17, 15) is 9.18 Å². The van der Waals surface area contributed by atoms with Gasteiger partial charge in [0.05, 0.1) is 5.69 Å². The van der Waals surface area contributed by atoms with E-state index in [1.165, 1.54) is 6.07 Å². The maximum atomic E-state index is 13.6. The summed E-state index contributed by atoms with van der Waals surface area (Å²) in [6, 6.07) is 4.49. The number of anilines is 1. The molecule has 1 atom stereocenters. The Morgan fingerprint density at radius 2 is 2.05 bits per heavy atom. The number of hydrogen-bond donors (Lipinski definition) is 2. The fourth-order valence-electron chi connectivity index (χ4n) is 2.08. The van der Waals surface area contributed by atoms with Crippen molar-refractivity contribution in [1.29, 1.82) is 0 Å². The number of carbonyl (C=O) groups excluding carboxylic acids is 1. The van der Waals surface area contributed by atoms with E-state index in [0.29, 0.717) is 5.56 Å². The van der Waals surface area contributed by atoms with Crippen LogP contribution in [0.25, 0.3) is 0 Å². The number of aryl methyl sites for hydroxylation is 1. The predicted molar refractivity (Wildman–Crippen MR) is 76.4 cm³/mol. The average Bonchev–Trinajstić information content (AvgIpc) is 2.20. The van der Waals surface area contributed by atoms with E-state index in [1.807, 2.05) is 0 Å². The molecule has 0 aliphatic carbocycles. The van der Waals surface area contributed by atoms with Crippen LogP contribution in [0.3, 0.4) is 0 Å². The van der Waals surface area contributed by atoms with Gasteiger partial charge in [-0.25, -0.2) is 4.39 Å². The van der Waals surface area contributed by atoms with Gasteiger partial charge in [-0.3, -0.25) is 4.79 Å². The highest BCUT2D eigenvalue weighted by molar-refractivity contribution is 5.92. The van der Waals surface area contributed by atoms with Gasteiger partial charge in [-0.15, -0.1) is 0 Å². The Labute approximate surface area is 114 Å². The van der Waals surface area contributed by atoms with Gasteiger partial charge in [0.2, 0.25) is 5.91 Å². The Bertz CT molecular complexity index is 432. The highest BCUT2D eigenvalue weighted by atomic mass is 19.1. The first-order valence-corrected chi connectivity index (χ1v) is 6.49. The van der Waals surface area contributed by atoms with Crippen LogP contribution in [0.1, 0.15) is 39.2 Å². The van der Waals surface area contributed by atoms with Gasteiger partial charge in [0, 0.05) is 12.5 Å². The molecule has 3 nitrogen and oxygen atoms in total. The second-order valence-corrected chi connectivity index (χ2v) is 6.21. The Morgan fingerprint density at radius 3 is 2.58 bits per heavy atom. The smallest absolute Gasteiger partial charge is 0.226 e. The zero-order chi connectivity index (χ0) is 14.6. The minimum absolute atomic E-state index is 0.0770. The molecule has 1 amide bonds. The summed E-state index contributed by atoms with van der Waals surface area (Å²) in [5.74, 6) is -0.664. The molecule has 0 aliphatic heterocycles. The van der Waals surface area contributed by atoms with E-state index in [1.54, 1.807) is 19.1 Å². The summed E-state index contributed by atoms with van der Waals surface area (Å²) in [5.41, 5.74) is 6.96. The van der Waals surface area contributed by atoms with E-state index >= 15 is 0 Å². The third kappa shape index (κ3) is 5.39. The maximum absolute atomic E-state index is 13.6. The van der Waals surface area contributed by atoms with Crippen molar-refractivity contribution in [3.05, 3.63) is 29.6 Å². The van der Waals surface area contributed by atoms with Crippen LogP contribution in [0.2, 0.25) is 0 Å². The molecule has 1 aromatic rings. The molecule has 1 unspecified atom stereocenters. The highest BCUT2D eigenvalue weighted by Crippen LogP contribution is 2.22. The third-order valence-electron chi connectivity index (χ3n) is 2.81. The minimum atomic E-state index is -0.419. The molecule has 0 radical (unpaired) electrons. The molecule has 3 N–H and O–H groups in total. The molecule has 4 heteroatoms. The second kappa shape index (κ2) is 6.15. The first kappa shape index (κ1) is 15.6. The number of nitrogens with two attached hydrogens (primary N) is 1. The molecule has 106 valence electrons. The molecule has 0 bridgehead atoms. The monoisotopic (exact) mass is 266 g/mol. The Balaban J connectivity index is 2.61. The minimum Gasteiger partial charge on any atom is -0.327 e. The lowest BCUT2D eigenvalue weighted by molar-refractivity contribution is -0.116. The van der Waals surface area contributed by atoms with Gasteiger partial charge in [-0.05, 0) is 30.4 Å². The normalized spacial score (nSPS) is 13.2. The standard InChI is InChI=1S/C15H23FN2O/c1-10-6-5-7-12(16)14(10)18-13(19)8-11(17)9-15(2,3)4/h5-7,11H,8-9,17H2,1-4H3,(H,18,19). The molecule has 0 spiro atoms. The van der Waals surface area contributed by atoms with Crippen molar-refractivity contribution >= 4 is 11.6 Å². The van der Waals surface area contributed by atoms with Gasteiger partial charge in [0.1, 0.15) is 5.82 Å². The average molecular weight is 266 g/mol. The molecular weight excluding hydrogens is 243 g/mol. The Hall–Kier alpha value is -1.42. The van der Waals surface area contributed by atoms with E-state index in [2.05, 4.69) is 26.1 Å². The summed E-state index contributed by atoms with van der Waals surface area (Å²) in [6.07, 6.45) is 0.946. The van der Waals surface area contributed by atoms with Crippen LogP contribution >= 0.6 is 0 Å². The van der Waals surface area contributed by atoms with Gasteiger partial charge in [0.15, 0.2) is 0 Å². The summed E-state index contributed by atoms with van der Waals surface area (Å²) >= 11 is 0. The van der Waals surface area contributed by atoms with Crippen LogP contribution in [-0.4, -0.2) is 11.9 Å². The Morgan fingerprint density at radius 1 is 1.42 bits per heavy atom. The number of rotatable bonds is 4. The lowest BCUT2D eigenvalue weighted by Crippen LogP contribution is -2.31. The third-order valence-corrected chi connectivity index (χ3v) is 2.81. The largest absolute Gasteiger partial charge is 0.327 e. The number of halogens is 1. The van der Waals surface area contributed by atoms with Gasteiger partial charge in [-0.2, -0.15) is 0 Å². The van der Waals surface area contributed by atoms with Crippen LogP contribution < -0.4 is 11.1 Å². The lowest BCUT2D eigenvalue weighted by atomic mass is 9.87. The molecule has 1 aromatic carbocycles. The SMILES string of the molecule is Cc1cccc(F)c1NC(=O)CC(N)CC(C)(C)C. The molecule has 0 heterocycles. The lowest BCUT2D eigenvalue weighted by Gasteiger charge is -2.22. The van der Waals surface area contributed by atoms with Gasteiger partial charge >= 0.3 is 0 Å². The fraction of sp³-hybridized carbons (Fsp3) is 0.533. The molecule has 1 rings (SSSR count). The van der Waals surface area contributed by atoms with Crippen LogP contribution in [-0.2, 0) is 4.79 Å². The summed E-state index contributed by atoms with van der Waals surface area (Å²) in [7, 11) is 0. The van der Waals surface area contributed by atoms with Crippen LogP contribution in [0.5, 0.6) is 0 Å². The number of hydrogen-bond acceptors (Lipinski definition) is 2. The number of nitrogens with one attached hydrogen (secondary N) is 1. The van der Waals surface area contributed by atoms with Crippen molar-refractivity contribution in [2.75, 3.05) is 5.32 Å². The quantitative estimate of drug-likeness (QED) is 0.879. The van der Waals surface area contributed by atoms with E-state index in [4.69, 9.17) is 5.73 Å². The van der Waals surface area contributed by atoms with Crippen LogP contribution in [0.4, 0.5) is 10.1 Å². The Kier molecular flexibility index (Phi) is 5.06. The van der Waals surface area contributed by atoms with Crippen molar-refractivity contribution in [2.24, 2.45) is 11.1 Å².